The number of nitrogens with one attached hydrogen (secondary N) is 2. The van der Waals surface area contributed by atoms with Gasteiger partial charge >= 0.3 is 6.03 Å². The van der Waals surface area contributed by atoms with Crippen molar-refractivity contribution in [2.75, 3.05) is 11.9 Å². The van der Waals surface area contributed by atoms with Gasteiger partial charge in [0.25, 0.3) is 0 Å². The van der Waals surface area contributed by atoms with E-state index < -0.39 is 23.1 Å². The molecule has 1 aliphatic rings. The minimum atomic E-state index is -0.710. The first-order chi connectivity index (χ1) is 14.0. The van der Waals surface area contributed by atoms with Gasteiger partial charge < -0.3 is 15.8 Å². The summed E-state index contributed by atoms with van der Waals surface area (Å²) in [6.07, 6.45) is 0. The van der Waals surface area contributed by atoms with Crippen LogP contribution in [0.2, 0.25) is 0 Å². The van der Waals surface area contributed by atoms with Crippen molar-refractivity contribution < 1.29 is 14.3 Å². The maximum absolute atomic E-state index is 12.8. The van der Waals surface area contributed by atoms with Crippen LogP contribution < -0.4 is 21.1 Å². The van der Waals surface area contributed by atoms with Gasteiger partial charge in [-0.05, 0) is 36.8 Å². The number of allylic oxidation sites excluding steroid dienone is 1. The van der Waals surface area contributed by atoms with Crippen LogP contribution in [0.3, 0.4) is 0 Å². The van der Waals surface area contributed by atoms with Crippen molar-refractivity contribution >= 4 is 29.4 Å². The molecule has 0 aromatic heterocycles. The SMILES string of the molecule is CCOc1ccc(NC(=O)NC(=O)C2SC(N)=C(C#N)C2c2ccccc2)cc1. The van der Waals surface area contributed by atoms with Crippen LogP contribution in [0.4, 0.5) is 10.5 Å². The third kappa shape index (κ3) is 4.70. The molecular weight excluding hydrogens is 388 g/mol. The van der Waals surface area contributed by atoms with Crippen LogP contribution in [0.1, 0.15) is 18.4 Å². The van der Waals surface area contributed by atoms with Gasteiger partial charge in [0.05, 0.1) is 23.3 Å². The number of imide groups is 1. The van der Waals surface area contributed by atoms with Gasteiger partial charge in [0.1, 0.15) is 11.0 Å². The molecule has 0 bridgehead atoms. The average Bonchev–Trinajstić information content (AvgIpc) is 3.06. The highest BCUT2D eigenvalue weighted by atomic mass is 32.2. The van der Waals surface area contributed by atoms with Crippen molar-refractivity contribution in [1.82, 2.24) is 5.32 Å². The van der Waals surface area contributed by atoms with Gasteiger partial charge in [-0.3, -0.25) is 10.1 Å². The maximum atomic E-state index is 12.8. The molecule has 148 valence electrons. The Kier molecular flexibility index (Phi) is 6.42. The first-order valence-electron chi connectivity index (χ1n) is 8.99. The van der Waals surface area contributed by atoms with Gasteiger partial charge in [-0.15, -0.1) is 0 Å². The molecule has 2 unspecified atom stereocenters. The first kappa shape index (κ1) is 20.3. The number of amides is 3. The Bertz CT molecular complexity index is 968. The van der Waals surface area contributed by atoms with Crippen molar-refractivity contribution in [2.24, 2.45) is 5.73 Å². The zero-order valence-electron chi connectivity index (χ0n) is 15.7. The third-order valence-corrected chi connectivity index (χ3v) is 5.54. The van der Waals surface area contributed by atoms with Crippen molar-refractivity contribution in [1.29, 1.82) is 5.26 Å². The minimum Gasteiger partial charge on any atom is -0.494 e. The Hall–Kier alpha value is -3.44. The molecule has 0 radical (unpaired) electrons. The van der Waals surface area contributed by atoms with Gasteiger partial charge in [0.2, 0.25) is 5.91 Å². The molecule has 2 aromatic rings. The molecule has 0 aliphatic carbocycles. The monoisotopic (exact) mass is 408 g/mol. The Morgan fingerprint density at radius 3 is 2.48 bits per heavy atom. The van der Waals surface area contributed by atoms with Gasteiger partial charge in [0, 0.05) is 11.6 Å². The van der Waals surface area contributed by atoms with Crippen LogP contribution in [0, 0.1) is 11.3 Å². The summed E-state index contributed by atoms with van der Waals surface area (Å²) < 4.78 is 5.35. The number of anilines is 1. The summed E-state index contributed by atoms with van der Waals surface area (Å²) in [5, 5.41) is 14.0. The van der Waals surface area contributed by atoms with E-state index in [4.69, 9.17) is 10.5 Å². The van der Waals surface area contributed by atoms with Crippen LogP contribution >= 0.6 is 11.8 Å². The zero-order chi connectivity index (χ0) is 20.8. The van der Waals surface area contributed by atoms with Crippen LogP contribution in [0.25, 0.3) is 0 Å². The first-order valence-corrected chi connectivity index (χ1v) is 9.87. The molecule has 8 heteroatoms. The van der Waals surface area contributed by atoms with E-state index in [1.54, 1.807) is 24.3 Å². The summed E-state index contributed by atoms with van der Waals surface area (Å²) in [7, 11) is 0. The smallest absolute Gasteiger partial charge is 0.325 e. The van der Waals surface area contributed by atoms with E-state index in [2.05, 4.69) is 16.7 Å². The number of rotatable bonds is 5. The number of benzene rings is 2. The molecule has 0 fully saturated rings. The average molecular weight is 408 g/mol. The Labute approximate surface area is 172 Å². The number of ether oxygens (including phenoxy) is 1. The quantitative estimate of drug-likeness (QED) is 0.699. The normalized spacial score (nSPS) is 18.1. The second kappa shape index (κ2) is 9.17. The fraction of sp³-hybridized carbons (Fsp3) is 0.190. The molecule has 1 aliphatic heterocycles. The third-order valence-electron chi connectivity index (χ3n) is 4.33. The highest BCUT2D eigenvalue weighted by Gasteiger charge is 2.41. The fourth-order valence-corrected chi connectivity index (χ4v) is 4.22. The molecule has 2 aromatic carbocycles. The molecular formula is C21H20N4O3S. The second-order valence-corrected chi connectivity index (χ2v) is 7.40. The number of carbonyl (C=O) groups excluding carboxylic acids is 2. The number of hydrogen-bond acceptors (Lipinski definition) is 6. The van der Waals surface area contributed by atoms with E-state index in [9.17, 15) is 14.9 Å². The van der Waals surface area contributed by atoms with E-state index in [1.807, 2.05) is 37.3 Å². The summed E-state index contributed by atoms with van der Waals surface area (Å²) in [4.78, 5) is 25.0. The van der Waals surface area contributed by atoms with Gasteiger partial charge in [0.15, 0.2) is 0 Å². The van der Waals surface area contributed by atoms with Crippen molar-refractivity contribution in [2.45, 2.75) is 18.1 Å². The van der Waals surface area contributed by atoms with Crippen molar-refractivity contribution in [3.8, 4) is 11.8 Å². The number of hydrogen-bond donors (Lipinski definition) is 3. The summed E-state index contributed by atoms with van der Waals surface area (Å²) in [6, 6.07) is 17.4. The number of carbonyl (C=O) groups is 2. The number of nitrogens with zero attached hydrogens (tertiary/aromatic N) is 1. The van der Waals surface area contributed by atoms with Gasteiger partial charge in [-0.1, -0.05) is 42.1 Å². The van der Waals surface area contributed by atoms with Crippen LogP contribution in [-0.4, -0.2) is 23.8 Å². The lowest BCUT2D eigenvalue weighted by atomic mass is 9.89. The summed E-state index contributed by atoms with van der Waals surface area (Å²) >= 11 is 1.09. The largest absolute Gasteiger partial charge is 0.494 e. The molecule has 2 atom stereocenters. The van der Waals surface area contributed by atoms with Crippen molar-refractivity contribution in [3.63, 3.8) is 0 Å². The molecule has 3 amide bonds. The molecule has 3 rings (SSSR count). The summed E-state index contributed by atoms with van der Waals surface area (Å²) in [5.41, 5.74) is 7.62. The number of nitrogens with two attached hydrogens (primary N) is 1. The summed E-state index contributed by atoms with van der Waals surface area (Å²) in [5.74, 6) is -0.335. The van der Waals surface area contributed by atoms with E-state index in [-0.39, 0.29) is 0 Å². The fourth-order valence-electron chi connectivity index (χ4n) is 3.05. The second-order valence-electron chi connectivity index (χ2n) is 6.22. The van der Waals surface area contributed by atoms with E-state index in [0.29, 0.717) is 28.6 Å². The van der Waals surface area contributed by atoms with Crippen LogP contribution in [0.15, 0.2) is 65.2 Å². The van der Waals surface area contributed by atoms with E-state index in [1.165, 1.54) is 0 Å². The topological polar surface area (TPSA) is 117 Å². The molecule has 0 saturated heterocycles. The number of urea groups is 1. The standard InChI is InChI=1S/C21H20N4O3S/c1-2-28-15-10-8-14(9-11-15)24-21(27)25-20(26)18-17(13-6-4-3-5-7-13)16(12-22)19(23)29-18/h3-11,17-18H,2,23H2,1H3,(H2,24,25,26,27). The number of thioether (sulfide) groups is 1. The molecule has 0 spiro atoms. The highest BCUT2D eigenvalue weighted by molar-refractivity contribution is 8.04. The van der Waals surface area contributed by atoms with Crippen molar-refractivity contribution in [3.05, 3.63) is 70.8 Å². The van der Waals surface area contributed by atoms with Gasteiger partial charge in [-0.2, -0.15) is 5.26 Å². The predicted molar refractivity (Wildman–Crippen MR) is 112 cm³/mol. The molecule has 29 heavy (non-hydrogen) atoms. The minimum absolute atomic E-state index is 0.299. The predicted octanol–water partition coefficient (Wildman–Crippen LogP) is 3.33. The van der Waals surface area contributed by atoms with E-state index in [0.717, 1.165) is 17.3 Å². The molecule has 7 nitrogen and oxygen atoms in total. The lowest BCUT2D eigenvalue weighted by Crippen LogP contribution is -2.41. The lowest BCUT2D eigenvalue weighted by Gasteiger charge is -2.19. The zero-order valence-corrected chi connectivity index (χ0v) is 16.5. The van der Waals surface area contributed by atoms with E-state index >= 15 is 0 Å². The number of nitriles is 1. The molecule has 1 heterocycles. The van der Waals surface area contributed by atoms with Gasteiger partial charge in [-0.25, -0.2) is 4.79 Å². The van der Waals surface area contributed by atoms with Crippen LogP contribution in [-0.2, 0) is 4.79 Å². The Morgan fingerprint density at radius 2 is 1.86 bits per heavy atom. The Morgan fingerprint density at radius 1 is 1.17 bits per heavy atom. The lowest BCUT2D eigenvalue weighted by molar-refractivity contribution is -0.119. The Balaban J connectivity index is 1.69. The van der Waals surface area contributed by atoms with Crippen LogP contribution in [0.5, 0.6) is 5.75 Å². The highest BCUT2D eigenvalue weighted by Crippen LogP contribution is 2.45. The molecule has 0 saturated carbocycles. The summed E-state index contributed by atoms with van der Waals surface area (Å²) in [6.45, 7) is 2.43. The molecule has 4 N–H and O–H groups in total. The maximum Gasteiger partial charge on any atom is 0.325 e.